The highest BCUT2D eigenvalue weighted by Crippen LogP contribution is 2.29. The average molecular weight is 329 g/mol. The first-order valence-corrected chi connectivity index (χ1v) is 7.19. The Labute approximate surface area is 135 Å². The molecule has 23 heavy (non-hydrogen) atoms. The number of methoxy groups -OCH3 is 1. The van der Waals surface area contributed by atoms with Crippen LogP contribution in [0.1, 0.15) is 0 Å². The minimum Gasteiger partial charge on any atom is -0.478 e. The van der Waals surface area contributed by atoms with Crippen molar-refractivity contribution in [2.75, 3.05) is 7.11 Å². The van der Waals surface area contributed by atoms with E-state index in [1.165, 1.54) is 19.2 Å². The molecule has 0 unspecified atom stereocenters. The molecule has 4 rings (SSSR count). The zero-order valence-electron chi connectivity index (χ0n) is 12.0. The van der Waals surface area contributed by atoms with Crippen LogP contribution in [0.4, 0.5) is 4.39 Å². The van der Waals surface area contributed by atoms with Crippen LogP contribution in [0.2, 0.25) is 5.02 Å². The van der Waals surface area contributed by atoms with Crippen molar-refractivity contribution in [3.63, 3.8) is 0 Å². The molecule has 0 amide bonds. The summed E-state index contributed by atoms with van der Waals surface area (Å²) in [5.74, 6) is 0.614. The molecule has 0 saturated carbocycles. The van der Waals surface area contributed by atoms with Crippen molar-refractivity contribution in [1.29, 1.82) is 0 Å². The van der Waals surface area contributed by atoms with E-state index in [1.54, 1.807) is 34.7 Å². The molecule has 0 saturated heterocycles. The zero-order valence-corrected chi connectivity index (χ0v) is 12.8. The van der Waals surface area contributed by atoms with Crippen LogP contribution in [0.25, 0.3) is 28.1 Å². The topological polar surface area (TPSA) is 52.3 Å². The van der Waals surface area contributed by atoms with Crippen molar-refractivity contribution < 1.29 is 9.13 Å². The summed E-state index contributed by atoms with van der Waals surface area (Å²) in [6, 6.07) is 11.4. The fourth-order valence-electron chi connectivity index (χ4n) is 2.50. The number of rotatable bonds is 2. The highest BCUT2D eigenvalue weighted by atomic mass is 35.5. The fraction of sp³-hybridized carbons (Fsp3) is 0.0625. The van der Waals surface area contributed by atoms with Gasteiger partial charge in [-0.15, -0.1) is 10.2 Å². The van der Waals surface area contributed by atoms with Crippen molar-refractivity contribution in [3.8, 4) is 17.3 Å². The van der Waals surface area contributed by atoms with Crippen molar-refractivity contribution in [3.05, 3.63) is 53.3 Å². The smallest absolute Gasteiger partial charge is 0.260 e. The van der Waals surface area contributed by atoms with Gasteiger partial charge < -0.3 is 4.74 Å². The number of hydrogen-bond acceptors (Lipinski definition) is 4. The Morgan fingerprint density at radius 3 is 2.61 bits per heavy atom. The van der Waals surface area contributed by atoms with E-state index in [-0.39, 0.29) is 5.82 Å². The number of nitrogens with zero attached hydrogens (tertiary/aromatic N) is 4. The molecule has 0 spiro atoms. The SMILES string of the molecule is COc1nc2ccc(Cl)cc2n2c(-c3ccc(F)cc3)nnc12. The third kappa shape index (κ3) is 2.19. The molecule has 0 aliphatic heterocycles. The number of ether oxygens (including phenoxy) is 1. The first-order valence-electron chi connectivity index (χ1n) is 6.81. The van der Waals surface area contributed by atoms with Crippen LogP contribution < -0.4 is 4.74 Å². The molecular weight excluding hydrogens is 319 g/mol. The lowest BCUT2D eigenvalue weighted by Crippen LogP contribution is -1.98. The van der Waals surface area contributed by atoms with Gasteiger partial charge in [0.1, 0.15) is 5.82 Å². The monoisotopic (exact) mass is 328 g/mol. The van der Waals surface area contributed by atoms with Gasteiger partial charge >= 0.3 is 0 Å². The second-order valence-corrected chi connectivity index (χ2v) is 5.38. The standard InChI is InChI=1S/C16H10ClFN4O/c1-23-16-15-21-20-14(9-2-5-11(18)6-3-9)22(15)13-8-10(17)4-7-12(13)19-16/h2-8H,1H3. The van der Waals surface area contributed by atoms with Gasteiger partial charge in [0.05, 0.1) is 18.1 Å². The molecular formula is C16H10ClFN4O. The average Bonchev–Trinajstić information content (AvgIpc) is 3.00. The summed E-state index contributed by atoms with van der Waals surface area (Å²) in [6.07, 6.45) is 0. The summed E-state index contributed by atoms with van der Waals surface area (Å²) in [5.41, 5.74) is 2.65. The molecule has 0 N–H and O–H groups in total. The van der Waals surface area contributed by atoms with E-state index in [0.29, 0.717) is 27.9 Å². The fourth-order valence-corrected chi connectivity index (χ4v) is 2.67. The third-order valence-electron chi connectivity index (χ3n) is 3.55. The Morgan fingerprint density at radius 2 is 1.87 bits per heavy atom. The predicted octanol–water partition coefficient (Wildman–Crippen LogP) is 3.75. The maximum Gasteiger partial charge on any atom is 0.260 e. The van der Waals surface area contributed by atoms with Gasteiger partial charge in [0, 0.05) is 10.6 Å². The molecule has 0 fully saturated rings. The lowest BCUT2D eigenvalue weighted by molar-refractivity contribution is 0.402. The van der Waals surface area contributed by atoms with Crippen LogP contribution in [0, 0.1) is 5.82 Å². The zero-order chi connectivity index (χ0) is 16.0. The first kappa shape index (κ1) is 13.9. The molecule has 2 aromatic heterocycles. The van der Waals surface area contributed by atoms with E-state index in [0.717, 1.165) is 11.1 Å². The highest BCUT2D eigenvalue weighted by molar-refractivity contribution is 6.31. The van der Waals surface area contributed by atoms with Gasteiger partial charge in [-0.2, -0.15) is 0 Å². The summed E-state index contributed by atoms with van der Waals surface area (Å²) in [4.78, 5) is 4.42. The molecule has 0 radical (unpaired) electrons. The van der Waals surface area contributed by atoms with Crippen LogP contribution in [0.5, 0.6) is 5.88 Å². The van der Waals surface area contributed by atoms with Gasteiger partial charge in [0.15, 0.2) is 5.82 Å². The van der Waals surface area contributed by atoms with Crippen LogP contribution in [0.15, 0.2) is 42.5 Å². The molecule has 4 aromatic rings. The van der Waals surface area contributed by atoms with Crippen molar-refractivity contribution in [2.45, 2.75) is 0 Å². The van der Waals surface area contributed by atoms with Crippen LogP contribution in [-0.2, 0) is 0 Å². The second kappa shape index (κ2) is 5.17. The highest BCUT2D eigenvalue weighted by Gasteiger charge is 2.17. The minimum absolute atomic E-state index is 0.310. The van der Waals surface area contributed by atoms with Gasteiger partial charge in [-0.3, -0.25) is 4.40 Å². The summed E-state index contributed by atoms with van der Waals surface area (Å²) in [6.45, 7) is 0. The maximum absolute atomic E-state index is 13.2. The number of benzene rings is 2. The summed E-state index contributed by atoms with van der Waals surface area (Å²) in [5, 5.41) is 8.94. The van der Waals surface area contributed by atoms with Gasteiger partial charge in [-0.05, 0) is 42.5 Å². The van der Waals surface area contributed by atoms with E-state index in [1.807, 2.05) is 0 Å². The predicted molar refractivity (Wildman–Crippen MR) is 85.2 cm³/mol. The molecule has 2 aromatic carbocycles. The number of aromatic nitrogens is 4. The Balaban J connectivity index is 2.13. The molecule has 114 valence electrons. The lowest BCUT2D eigenvalue weighted by atomic mass is 10.2. The number of halogens is 2. The molecule has 0 bridgehead atoms. The van der Waals surface area contributed by atoms with Crippen LogP contribution >= 0.6 is 11.6 Å². The largest absolute Gasteiger partial charge is 0.478 e. The van der Waals surface area contributed by atoms with E-state index in [4.69, 9.17) is 16.3 Å². The van der Waals surface area contributed by atoms with Crippen LogP contribution in [0.3, 0.4) is 0 Å². The Morgan fingerprint density at radius 1 is 1.09 bits per heavy atom. The summed E-state index contributed by atoms with van der Waals surface area (Å²) in [7, 11) is 1.52. The third-order valence-corrected chi connectivity index (χ3v) is 3.79. The minimum atomic E-state index is -0.310. The summed E-state index contributed by atoms with van der Waals surface area (Å²) >= 11 is 6.12. The maximum atomic E-state index is 13.2. The van der Waals surface area contributed by atoms with Gasteiger partial charge in [0.2, 0.25) is 5.65 Å². The van der Waals surface area contributed by atoms with Crippen molar-refractivity contribution in [2.24, 2.45) is 0 Å². The Kier molecular flexibility index (Phi) is 3.12. The molecule has 2 heterocycles. The normalized spacial score (nSPS) is 11.3. The molecule has 7 heteroatoms. The molecule has 0 aliphatic carbocycles. The van der Waals surface area contributed by atoms with Gasteiger partial charge in [-0.1, -0.05) is 11.6 Å². The van der Waals surface area contributed by atoms with E-state index >= 15 is 0 Å². The van der Waals surface area contributed by atoms with E-state index in [2.05, 4.69) is 15.2 Å². The van der Waals surface area contributed by atoms with E-state index in [9.17, 15) is 4.39 Å². The molecule has 5 nitrogen and oxygen atoms in total. The Bertz CT molecular complexity index is 1030. The summed E-state index contributed by atoms with van der Waals surface area (Å²) < 4.78 is 20.3. The quantitative estimate of drug-likeness (QED) is 0.562. The number of fused-ring (bicyclic) bond motifs is 3. The van der Waals surface area contributed by atoms with E-state index < -0.39 is 0 Å². The van der Waals surface area contributed by atoms with Crippen LogP contribution in [-0.4, -0.2) is 26.7 Å². The van der Waals surface area contributed by atoms with Gasteiger partial charge in [0.25, 0.3) is 5.88 Å². The molecule has 0 aliphatic rings. The second-order valence-electron chi connectivity index (χ2n) is 4.94. The number of hydrogen-bond donors (Lipinski definition) is 0. The Hall–Kier alpha value is -2.73. The van der Waals surface area contributed by atoms with Crippen molar-refractivity contribution >= 4 is 28.3 Å². The molecule has 0 atom stereocenters. The van der Waals surface area contributed by atoms with Crippen molar-refractivity contribution in [1.82, 2.24) is 19.6 Å². The van der Waals surface area contributed by atoms with Gasteiger partial charge in [-0.25, -0.2) is 9.37 Å². The lowest BCUT2D eigenvalue weighted by Gasteiger charge is -2.08. The first-order chi connectivity index (χ1) is 11.2.